The van der Waals surface area contributed by atoms with Gasteiger partial charge in [-0.1, -0.05) is 11.6 Å². The first-order chi connectivity index (χ1) is 12.8. The van der Waals surface area contributed by atoms with Crippen molar-refractivity contribution in [1.29, 1.82) is 0 Å². The zero-order valence-electron chi connectivity index (χ0n) is 14.4. The Kier molecular flexibility index (Phi) is 7.03. The van der Waals surface area contributed by atoms with Gasteiger partial charge in [-0.25, -0.2) is 5.43 Å². The van der Waals surface area contributed by atoms with E-state index in [1.165, 1.54) is 31.2 Å². The first kappa shape index (κ1) is 20.5. The topological polar surface area (TPSA) is 114 Å². The van der Waals surface area contributed by atoms with Crippen molar-refractivity contribution in [2.75, 3.05) is 7.11 Å². The van der Waals surface area contributed by atoms with Gasteiger partial charge in [0.2, 0.25) is 5.75 Å². The average molecular weight is 410 g/mol. The summed E-state index contributed by atoms with van der Waals surface area (Å²) in [5, 5.41) is 24.7. The number of benzene rings is 2. The van der Waals surface area contributed by atoms with Gasteiger partial charge in [0.1, 0.15) is 0 Å². The highest BCUT2D eigenvalue weighted by Crippen LogP contribution is 2.36. The van der Waals surface area contributed by atoms with E-state index in [0.717, 1.165) is 11.0 Å². The maximum atomic E-state index is 12.1. The molecule has 2 aromatic carbocycles. The Labute approximate surface area is 164 Å². The third-order valence-corrected chi connectivity index (χ3v) is 4.74. The number of nitrogens with zero attached hydrogens (tertiary/aromatic N) is 2. The van der Waals surface area contributed by atoms with Crippen molar-refractivity contribution in [3.63, 3.8) is 0 Å². The van der Waals surface area contributed by atoms with Crippen LogP contribution in [0.25, 0.3) is 0 Å². The maximum absolute atomic E-state index is 12.1. The number of hydrazone groups is 1. The Morgan fingerprint density at radius 1 is 1.41 bits per heavy atom. The summed E-state index contributed by atoms with van der Waals surface area (Å²) in [5.74, 6) is -0.980. The number of rotatable bonds is 7. The van der Waals surface area contributed by atoms with Crippen LogP contribution in [0.15, 0.2) is 46.4 Å². The zero-order valence-corrected chi connectivity index (χ0v) is 16.0. The summed E-state index contributed by atoms with van der Waals surface area (Å²) in [6, 6.07) is 9.57. The van der Waals surface area contributed by atoms with E-state index in [1.54, 1.807) is 19.1 Å². The first-order valence-electron chi connectivity index (χ1n) is 7.62. The Hall–Kier alpha value is -2.78. The average Bonchev–Trinajstić information content (AvgIpc) is 2.64. The lowest BCUT2D eigenvalue weighted by atomic mass is 10.2. The lowest BCUT2D eigenvalue weighted by Gasteiger charge is -2.09. The van der Waals surface area contributed by atoms with Gasteiger partial charge in [-0.3, -0.25) is 14.9 Å². The Morgan fingerprint density at radius 3 is 2.67 bits per heavy atom. The van der Waals surface area contributed by atoms with Gasteiger partial charge in [-0.05, 0) is 37.3 Å². The van der Waals surface area contributed by atoms with Gasteiger partial charge in [0.15, 0.2) is 5.75 Å². The van der Waals surface area contributed by atoms with Crippen molar-refractivity contribution in [2.45, 2.75) is 17.1 Å². The molecule has 2 rings (SSSR count). The van der Waals surface area contributed by atoms with Crippen LogP contribution in [0.5, 0.6) is 11.5 Å². The third kappa shape index (κ3) is 5.60. The molecule has 0 saturated heterocycles. The first-order valence-corrected chi connectivity index (χ1v) is 8.88. The molecule has 0 spiro atoms. The maximum Gasteiger partial charge on any atom is 0.315 e. The second kappa shape index (κ2) is 9.24. The fourth-order valence-electron chi connectivity index (χ4n) is 2.02. The monoisotopic (exact) mass is 409 g/mol. The van der Waals surface area contributed by atoms with Crippen LogP contribution in [0.1, 0.15) is 12.5 Å². The molecule has 1 amide bonds. The molecule has 1 atom stereocenters. The molecule has 27 heavy (non-hydrogen) atoms. The van der Waals surface area contributed by atoms with Crippen LogP contribution in [-0.4, -0.2) is 34.5 Å². The fourth-order valence-corrected chi connectivity index (χ4v) is 3.00. The lowest BCUT2D eigenvalue weighted by molar-refractivity contribution is -0.386. The highest BCUT2D eigenvalue weighted by molar-refractivity contribution is 8.00. The predicted octanol–water partition coefficient (Wildman–Crippen LogP) is 3.59. The molecule has 0 radical (unpaired) electrons. The number of halogens is 1. The molecule has 0 bridgehead atoms. The van der Waals surface area contributed by atoms with Crippen LogP contribution < -0.4 is 10.2 Å². The third-order valence-electron chi connectivity index (χ3n) is 3.38. The number of hydrogen-bond donors (Lipinski definition) is 2. The molecule has 0 heterocycles. The van der Waals surface area contributed by atoms with Crippen molar-refractivity contribution in [1.82, 2.24) is 5.43 Å². The number of aromatic hydroxyl groups is 1. The van der Waals surface area contributed by atoms with E-state index >= 15 is 0 Å². The highest BCUT2D eigenvalue weighted by atomic mass is 35.5. The van der Waals surface area contributed by atoms with Gasteiger partial charge in [0, 0.05) is 21.5 Å². The molecule has 0 fully saturated rings. The minimum atomic E-state index is -0.737. The van der Waals surface area contributed by atoms with Crippen LogP contribution in [-0.2, 0) is 4.79 Å². The van der Waals surface area contributed by atoms with E-state index in [1.807, 2.05) is 12.1 Å². The van der Waals surface area contributed by atoms with E-state index in [2.05, 4.69) is 10.5 Å². The molecule has 142 valence electrons. The van der Waals surface area contributed by atoms with Crippen LogP contribution >= 0.6 is 23.4 Å². The van der Waals surface area contributed by atoms with E-state index in [9.17, 15) is 20.0 Å². The fraction of sp³-hybridized carbons (Fsp3) is 0.176. The summed E-state index contributed by atoms with van der Waals surface area (Å²) >= 11 is 7.16. The van der Waals surface area contributed by atoms with Gasteiger partial charge in [0.05, 0.1) is 23.5 Å². The quantitative estimate of drug-likeness (QED) is 0.312. The predicted molar refractivity (Wildman–Crippen MR) is 104 cm³/mol. The minimum absolute atomic E-state index is 0.0661. The molecule has 0 aliphatic rings. The summed E-state index contributed by atoms with van der Waals surface area (Å²) in [6.45, 7) is 1.72. The zero-order chi connectivity index (χ0) is 20.0. The standard InChI is InChI=1S/C17H16ClN3O5S/c1-10(27-13-5-3-12(18)4-6-13)17(23)20-19-9-11-7-14(21(24)25)16(22)15(8-11)26-2/h3-10,22H,1-2H3,(H,20,23)/b19-9+. The molecule has 0 saturated carbocycles. The molecule has 0 aromatic heterocycles. The van der Waals surface area contributed by atoms with Crippen LogP contribution in [0, 0.1) is 10.1 Å². The molecule has 0 aliphatic carbocycles. The van der Waals surface area contributed by atoms with Crippen molar-refractivity contribution >= 4 is 41.2 Å². The van der Waals surface area contributed by atoms with Crippen molar-refractivity contribution in [3.8, 4) is 11.5 Å². The number of phenolic OH excluding ortho intramolecular Hbond substituents is 1. The number of thioether (sulfide) groups is 1. The van der Waals surface area contributed by atoms with Gasteiger partial charge in [-0.2, -0.15) is 5.10 Å². The smallest absolute Gasteiger partial charge is 0.315 e. The number of nitro groups is 1. The number of nitro benzene ring substituents is 1. The van der Waals surface area contributed by atoms with Gasteiger partial charge in [0.25, 0.3) is 5.91 Å². The number of nitrogens with one attached hydrogen (secondary N) is 1. The number of amides is 1. The summed E-state index contributed by atoms with van der Waals surface area (Å²) in [4.78, 5) is 23.2. The second-order valence-electron chi connectivity index (χ2n) is 5.30. The molecule has 0 aliphatic heterocycles. The lowest BCUT2D eigenvalue weighted by Crippen LogP contribution is -2.26. The summed E-state index contributed by atoms with van der Waals surface area (Å²) in [5.41, 5.74) is 2.14. The van der Waals surface area contributed by atoms with E-state index in [-0.39, 0.29) is 17.2 Å². The van der Waals surface area contributed by atoms with Gasteiger partial charge < -0.3 is 9.84 Å². The number of carbonyl (C=O) groups excluding carboxylic acids is 1. The van der Waals surface area contributed by atoms with Crippen LogP contribution in [0.3, 0.4) is 0 Å². The van der Waals surface area contributed by atoms with Crippen molar-refractivity contribution in [3.05, 3.63) is 57.1 Å². The molecular formula is C17H16ClN3O5S. The number of phenols is 1. The highest BCUT2D eigenvalue weighted by Gasteiger charge is 2.19. The Bertz CT molecular complexity index is 874. The van der Waals surface area contributed by atoms with Crippen molar-refractivity contribution in [2.24, 2.45) is 5.10 Å². The normalized spacial score (nSPS) is 12.0. The molecule has 8 nitrogen and oxygen atoms in total. The molecule has 2 N–H and O–H groups in total. The van der Waals surface area contributed by atoms with E-state index in [0.29, 0.717) is 5.02 Å². The van der Waals surface area contributed by atoms with E-state index < -0.39 is 21.6 Å². The summed E-state index contributed by atoms with van der Waals surface area (Å²) < 4.78 is 4.90. The Balaban J connectivity index is 2.03. The van der Waals surface area contributed by atoms with Crippen LogP contribution in [0.2, 0.25) is 5.02 Å². The van der Waals surface area contributed by atoms with Crippen LogP contribution in [0.4, 0.5) is 5.69 Å². The number of methoxy groups -OCH3 is 1. The number of carbonyl (C=O) groups is 1. The van der Waals surface area contributed by atoms with Gasteiger partial charge >= 0.3 is 5.69 Å². The SMILES string of the molecule is COc1cc(/C=N/NC(=O)C(C)Sc2ccc(Cl)cc2)cc([N+](=O)[O-])c1O. The number of hydrogen-bond acceptors (Lipinski definition) is 7. The Morgan fingerprint density at radius 2 is 2.07 bits per heavy atom. The molecule has 2 aromatic rings. The molecule has 10 heteroatoms. The van der Waals surface area contributed by atoms with Gasteiger partial charge in [-0.15, -0.1) is 11.8 Å². The van der Waals surface area contributed by atoms with E-state index in [4.69, 9.17) is 16.3 Å². The number of ether oxygens (including phenoxy) is 1. The molecule has 1 unspecified atom stereocenters. The molecular weight excluding hydrogens is 394 g/mol. The second-order valence-corrected chi connectivity index (χ2v) is 7.15. The minimum Gasteiger partial charge on any atom is -0.500 e. The largest absolute Gasteiger partial charge is 0.500 e. The summed E-state index contributed by atoms with van der Waals surface area (Å²) in [6.07, 6.45) is 1.23. The van der Waals surface area contributed by atoms with Crippen molar-refractivity contribution < 1.29 is 19.6 Å². The summed E-state index contributed by atoms with van der Waals surface area (Å²) in [7, 11) is 1.27.